The van der Waals surface area contributed by atoms with Gasteiger partial charge >= 0.3 is 0 Å². The molecule has 6 aromatic carbocycles. The monoisotopic (exact) mass is 485 g/mol. The average molecular weight is 486 g/mol. The van der Waals surface area contributed by atoms with Crippen LogP contribution in [-0.2, 0) is 0 Å². The lowest BCUT2D eigenvalue weighted by Gasteiger charge is -2.16. The quantitative estimate of drug-likeness (QED) is 0.229. The molecule has 8 rings (SSSR count). The van der Waals surface area contributed by atoms with Crippen molar-refractivity contribution in [2.75, 3.05) is 0 Å². The zero-order valence-corrected chi connectivity index (χ0v) is 20.9. The standard InChI is InChI=1S/C35H23N3/c1-22-33(37-35-28-17-5-3-13-24(28)23-12-2-4-16-27(23)34(35)36-22)29-18-8-11-21-32(29)38-30-19-9-6-14-25(30)26-15-7-10-20-31(26)38/h2-21H,1H3. The van der Waals surface area contributed by atoms with Gasteiger partial charge in [-0.05, 0) is 35.9 Å². The molecule has 0 saturated heterocycles. The number of hydrogen-bond acceptors (Lipinski definition) is 2. The van der Waals surface area contributed by atoms with Gasteiger partial charge < -0.3 is 4.57 Å². The van der Waals surface area contributed by atoms with Crippen molar-refractivity contribution in [1.29, 1.82) is 0 Å². The molecule has 3 heteroatoms. The molecule has 0 aliphatic heterocycles. The number of benzene rings is 6. The van der Waals surface area contributed by atoms with E-state index in [9.17, 15) is 0 Å². The minimum Gasteiger partial charge on any atom is -0.309 e. The van der Waals surface area contributed by atoms with Gasteiger partial charge in [0, 0.05) is 27.1 Å². The molecule has 0 saturated carbocycles. The van der Waals surface area contributed by atoms with E-state index in [0.29, 0.717) is 0 Å². The molecule has 0 aliphatic rings. The van der Waals surface area contributed by atoms with Crippen molar-refractivity contribution in [3.8, 4) is 16.9 Å². The van der Waals surface area contributed by atoms with Crippen LogP contribution in [0.1, 0.15) is 5.69 Å². The zero-order valence-electron chi connectivity index (χ0n) is 20.9. The molecule has 0 N–H and O–H groups in total. The van der Waals surface area contributed by atoms with E-state index in [-0.39, 0.29) is 0 Å². The van der Waals surface area contributed by atoms with Crippen LogP contribution in [0, 0.1) is 6.92 Å². The normalized spacial score (nSPS) is 11.8. The Morgan fingerprint density at radius 3 is 1.50 bits per heavy atom. The van der Waals surface area contributed by atoms with Gasteiger partial charge in [-0.3, -0.25) is 0 Å². The third kappa shape index (κ3) is 2.90. The van der Waals surface area contributed by atoms with Gasteiger partial charge in [-0.2, -0.15) is 0 Å². The molecule has 0 aliphatic carbocycles. The van der Waals surface area contributed by atoms with Crippen LogP contribution in [0.4, 0.5) is 0 Å². The molecule has 0 fully saturated rings. The summed E-state index contributed by atoms with van der Waals surface area (Å²) in [4.78, 5) is 10.6. The van der Waals surface area contributed by atoms with Crippen LogP contribution < -0.4 is 0 Å². The molecule has 0 unspecified atom stereocenters. The van der Waals surface area contributed by atoms with Crippen molar-refractivity contribution in [2.45, 2.75) is 6.92 Å². The van der Waals surface area contributed by atoms with Gasteiger partial charge in [0.15, 0.2) is 0 Å². The Morgan fingerprint density at radius 1 is 0.447 bits per heavy atom. The summed E-state index contributed by atoms with van der Waals surface area (Å²) in [5, 5.41) is 7.18. The Hall–Kier alpha value is -5.02. The molecular formula is C35H23N3. The number of rotatable bonds is 2. The average Bonchev–Trinajstić information content (AvgIpc) is 3.31. The molecular weight excluding hydrogens is 462 g/mol. The summed E-state index contributed by atoms with van der Waals surface area (Å²) in [5.74, 6) is 0. The highest BCUT2D eigenvalue weighted by atomic mass is 15.0. The second-order valence-corrected chi connectivity index (χ2v) is 9.83. The van der Waals surface area contributed by atoms with Crippen LogP contribution in [0.3, 0.4) is 0 Å². The lowest BCUT2D eigenvalue weighted by atomic mass is 9.98. The third-order valence-electron chi connectivity index (χ3n) is 7.70. The second kappa shape index (κ2) is 7.99. The summed E-state index contributed by atoms with van der Waals surface area (Å²) in [6.45, 7) is 2.08. The van der Waals surface area contributed by atoms with Gasteiger partial charge in [0.2, 0.25) is 0 Å². The Labute approximate surface area is 219 Å². The predicted molar refractivity (Wildman–Crippen MR) is 159 cm³/mol. The number of fused-ring (bicyclic) bond motifs is 9. The van der Waals surface area contributed by atoms with Gasteiger partial charge in [-0.1, -0.05) is 103 Å². The first kappa shape index (κ1) is 21.1. The van der Waals surface area contributed by atoms with Crippen molar-refractivity contribution < 1.29 is 0 Å². The number of aromatic nitrogens is 3. The minimum absolute atomic E-state index is 0.912. The summed E-state index contributed by atoms with van der Waals surface area (Å²) in [5.41, 5.74) is 8.27. The first-order chi connectivity index (χ1) is 18.8. The van der Waals surface area contributed by atoms with Crippen molar-refractivity contribution in [2.24, 2.45) is 0 Å². The number of nitrogens with zero attached hydrogens (tertiary/aromatic N) is 3. The van der Waals surface area contributed by atoms with E-state index in [0.717, 1.165) is 44.4 Å². The second-order valence-electron chi connectivity index (χ2n) is 9.83. The lowest BCUT2D eigenvalue weighted by Crippen LogP contribution is -2.01. The highest BCUT2D eigenvalue weighted by Gasteiger charge is 2.19. The molecule has 0 atom stereocenters. The highest BCUT2D eigenvalue weighted by molar-refractivity contribution is 6.23. The highest BCUT2D eigenvalue weighted by Crippen LogP contribution is 2.38. The van der Waals surface area contributed by atoms with Gasteiger partial charge in [0.05, 0.1) is 39.1 Å². The smallest absolute Gasteiger partial charge is 0.0979 e. The molecule has 178 valence electrons. The first-order valence-electron chi connectivity index (χ1n) is 13.0. The molecule has 0 spiro atoms. The Kier molecular flexibility index (Phi) is 4.44. The molecule has 8 aromatic rings. The maximum Gasteiger partial charge on any atom is 0.0979 e. The predicted octanol–water partition coefficient (Wildman–Crippen LogP) is 9.01. The SMILES string of the molecule is Cc1nc2c3ccccc3c3ccccc3c2nc1-c1ccccc1-n1c2ccccc2c2ccccc21. The van der Waals surface area contributed by atoms with Crippen LogP contribution in [0.5, 0.6) is 0 Å². The molecule has 0 radical (unpaired) electrons. The van der Waals surface area contributed by atoms with Crippen LogP contribution in [0.25, 0.3) is 71.3 Å². The van der Waals surface area contributed by atoms with Crippen molar-refractivity contribution in [3.05, 3.63) is 127 Å². The molecule has 2 heterocycles. The van der Waals surface area contributed by atoms with Crippen LogP contribution in [0.15, 0.2) is 121 Å². The Morgan fingerprint density at radius 2 is 0.895 bits per heavy atom. The summed E-state index contributed by atoms with van der Waals surface area (Å²) in [7, 11) is 0. The van der Waals surface area contributed by atoms with E-state index in [1.54, 1.807) is 0 Å². The van der Waals surface area contributed by atoms with E-state index in [2.05, 4.69) is 133 Å². The fourth-order valence-electron chi connectivity index (χ4n) is 6.05. The van der Waals surface area contributed by atoms with Gasteiger partial charge in [0.25, 0.3) is 0 Å². The molecule has 0 amide bonds. The molecule has 3 nitrogen and oxygen atoms in total. The molecule has 38 heavy (non-hydrogen) atoms. The Balaban J connectivity index is 1.49. The largest absolute Gasteiger partial charge is 0.309 e. The Bertz CT molecular complexity index is 2150. The number of para-hydroxylation sites is 3. The zero-order chi connectivity index (χ0) is 25.2. The summed E-state index contributed by atoms with van der Waals surface area (Å²) in [6, 6.07) is 42.9. The molecule has 2 aromatic heterocycles. The van der Waals surface area contributed by atoms with E-state index in [1.165, 1.54) is 32.6 Å². The van der Waals surface area contributed by atoms with E-state index >= 15 is 0 Å². The summed E-state index contributed by atoms with van der Waals surface area (Å²) < 4.78 is 2.36. The van der Waals surface area contributed by atoms with Crippen molar-refractivity contribution in [3.63, 3.8) is 0 Å². The number of aryl methyl sites for hydroxylation is 1. The summed E-state index contributed by atoms with van der Waals surface area (Å²) in [6.07, 6.45) is 0. The van der Waals surface area contributed by atoms with Crippen molar-refractivity contribution in [1.82, 2.24) is 14.5 Å². The van der Waals surface area contributed by atoms with Gasteiger partial charge in [-0.15, -0.1) is 0 Å². The lowest BCUT2D eigenvalue weighted by molar-refractivity contribution is 1.15. The van der Waals surface area contributed by atoms with Gasteiger partial charge in [0.1, 0.15) is 0 Å². The molecule has 0 bridgehead atoms. The van der Waals surface area contributed by atoms with E-state index < -0.39 is 0 Å². The van der Waals surface area contributed by atoms with Gasteiger partial charge in [-0.25, -0.2) is 9.97 Å². The third-order valence-corrected chi connectivity index (χ3v) is 7.70. The summed E-state index contributed by atoms with van der Waals surface area (Å²) >= 11 is 0. The topological polar surface area (TPSA) is 30.7 Å². The van der Waals surface area contributed by atoms with Crippen LogP contribution in [0.2, 0.25) is 0 Å². The first-order valence-corrected chi connectivity index (χ1v) is 13.0. The van der Waals surface area contributed by atoms with E-state index in [1.807, 2.05) is 0 Å². The fraction of sp³-hybridized carbons (Fsp3) is 0.0286. The fourth-order valence-corrected chi connectivity index (χ4v) is 6.05. The number of hydrogen-bond donors (Lipinski definition) is 0. The van der Waals surface area contributed by atoms with Crippen LogP contribution >= 0.6 is 0 Å². The van der Waals surface area contributed by atoms with Crippen LogP contribution in [-0.4, -0.2) is 14.5 Å². The maximum atomic E-state index is 5.38. The van der Waals surface area contributed by atoms with Crippen molar-refractivity contribution >= 4 is 54.4 Å². The van der Waals surface area contributed by atoms with E-state index in [4.69, 9.17) is 9.97 Å². The maximum absolute atomic E-state index is 5.38. The minimum atomic E-state index is 0.912.